The summed E-state index contributed by atoms with van der Waals surface area (Å²) in [7, 11) is -15.8. The molecule has 0 rings (SSSR count). The molecule has 0 saturated heterocycles. The van der Waals surface area contributed by atoms with E-state index in [0.717, 1.165) is 0 Å². The van der Waals surface area contributed by atoms with Crippen LogP contribution in [-0.2, 0) is 13.7 Å². The third-order valence-corrected chi connectivity index (χ3v) is 3.36. The van der Waals surface area contributed by atoms with Gasteiger partial charge in [0.1, 0.15) is 0 Å². The molecule has 0 unspecified atom stereocenters. The van der Waals surface area contributed by atoms with Crippen molar-refractivity contribution in [2.45, 2.75) is 0 Å². The Labute approximate surface area is 115 Å². The molecule has 20 heavy (non-hydrogen) atoms. The van der Waals surface area contributed by atoms with Gasteiger partial charge in [-0.05, 0) is 0 Å². The van der Waals surface area contributed by atoms with Crippen LogP contribution in [0.25, 0.3) is 0 Å². The summed E-state index contributed by atoms with van der Waals surface area (Å²) >= 11 is 0. The molecule has 0 aromatic heterocycles. The number of rotatable bonds is 6. The molecule has 0 aliphatic carbocycles. The van der Waals surface area contributed by atoms with Crippen LogP contribution in [0.1, 0.15) is 0 Å². The molecule has 14 nitrogen and oxygen atoms in total. The molecule has 0 atom stereocenters. The van der Waals surface area contributed by atoms with E-state index >= 15 is 0 Å². The Morgan fingerprint density at radius 3 is 0.800 bits per heavy atom. The monoisotopic (exact) mass is 365 g/mol. The summed E-state index contributed by atoms with van der Waals surface area (Å²) in [5.74, 6) is 0. The first-order valence-electron chi connectivity index (χ1n) is 3.54. The minimum Gasteiger partial charge on any atom is -0.810 e. The van der Waals surface area contributed by atoms with E-state index in [1.54, 1.807) is 0 Å². The van der Waals surface area contributed by atoms with Gasteiger partial charge in [-0.15, -0.1) is 0 Å². The average Bonchev–Trinajstić information content (AvgIpc) is 1.70. The van der Waals surface area contributed by atoms with Crippen molar-refractivity contribution < 1.29 is 43.1 Å². The molecule has 0 spiro atoms. The van der Waals surface area contributed by atoms with Crippen LogP contribution in [0.2, 0.25) is 0 Å². The standard InChI is InChI=1S/C3H12NO9P3.4H3N/c5-14(6,7)1-4(2-15(8,9)10)3-16(11,12)13;;;;/h1-3H2,(H2,5,6,7)(H2,8,9,10)(H2,11,12,13);4*1H3/p-2. The second kappa shape index (κ2) is 10.9. The molecule has 0 aromatic rings. The fourth-order valence-electron chi connectivity index (χ4n) is 0.869. The van der Waals surface area contributed by atoms with Crippen LogP contribution in [0, 0.1) is 0 Å². The van der Waals surface area contributed by atoms with Gasteiger partial charge < -0.3 is 67.7 Å². The van der Waals surface area contributed by atoms with Crippen LogP contribution in [0.4, 0.5) is 0 Å². The Bertz CT molecular complexity index is 316. The van der Waals surface area contributed by atoms with Crippen molar-refractivity contribution in [2.24, 2.45) is 0 Å². The zero-order chi connectivity index (χ0) is 13.2. The second-order valence-electron chi connectivity index (χ2n) is 2.93. The average molecular weight is 365 g/mol. The lowest BCUT2D eigenvalue weighted by molar-refractivity contribution is -0.320. The molecule has 0 bridgehead atoms. The predicted octanol–water partition coefficient (Wildman–Crippen LogP) is -3.59. The summed E-state index contributed by atoms with van der Waals surface area (Å²) in [5.41, 5.74) is 0. The highest BCUT2D eigenvalue weighted by molar-refractivity contribution is 7.50. The van der Waals surface area contributed by atoms with Crippen LogP contribution in [0.3, 0.4) is 0 Å². The summed E-state index contributed by atoms with van der Waals surface area (Å²) in [6, 6.07) is 0. The zero-order valence-corrected chi connectivity index (χ0v) is 14.3. The van der Waals surface area contributed by atoms with Gasteiger partial charge in [-0.25, -0.2) is 0 Å². The van der Waals surface area contributed by atoms with Gasteiger partial charge in [0.25, 0.3) is 0 Å². The summed E-state index contributed by atoms with van der Waals surface area (Å²) < 4.78 is 30.8. The largest absolute Gasteiger partial charge is 0.810 e. The van der Waals surface area contributed by atoms with Crippen molar-refractivity contribution >= 4 is 22.8 Å². The van der Waals surface area contributed by atoms with Gasteiger partial charge in [-0.1, -0.05) is 22.8 Å². The van der Waals surface area contributed by atoms with E-state index < -0.39 is 41.6 Å². The minimum absolute atomic E-state index is 0. The van der Waals surface area contributed by atoms with Crippen molar-refractivity contribution in [3.05, 3.63) is 0 Å². The fraction of sp³-hybridized carbons (Fsp3) is 1.00. The van der Waals surface area contributed by atoms with E-state index in [-0.39, 0.29) is 29.5 Å². The Morgan fingerprint density at radius 1 is 0.550 bits per heavy atom. The summed E-state index contributed by atoms with van der Waals surface area (Å²) in [5, 5.41) is 0. The van der Waals surface area contributed by atoms with Gasteiger partial charge in [0, 0.05) is 18.9 Å². The van der Waals surface area contributed by atoms with Gasteiger partial charge >= 0.3 is 0 Å². The molecule has 0 aliphatic rings. The quantitative estimate of drug-likeness (QED) is 0.335. The number of hydrogen-bond acceptors (Lipinski definition) is 10. The molecular formula is C3H22N5O9P3-2. The maximum absolute atomic E-state index is 10.3. The molecule has 0 radical (unpaired) electrons. The molecule has 0 aromatic carbocycles. The Balaban J connectivity index is -0.000000187. The van der Waals surface area contributed by atoms with Crippen LogP contribution < -0.4 is 54.0 Å². The maximum Gasteiger partial charge on any atom is 0.0268 e. The van der Waals surface area contributed by atoms with E-state index in [1.165, 1.54) is 0 Å². The van der Waals surface area contributed by atoms with E-state index in [0.29, 0.717) is 0 Å². The van der Waals surface area contributed by atoms with Crippen LogP contribution in [0.5, 0.6) is 0 Å². The number of quaternary nitrogens is 4. The molecule has 0 saturated carbocycles. The first-order valence-corrected chi connectivity index (χ1v) is 8.72. The first-order chi connectivity index (χ1) is 6.79. The number of hydrogen-bond donors (Lipinski definition) is 4. The smallest absolute Gasteiger partial charge is 0.0268 e. The molecular weight excluding hydrogens is 343 g/mol. The van der Waals surface area contributed by atoms with Crippen molar-refractivity contribution in [1.82, 2.24) is 29.5 Å². The molecule has 16 N–H and O–H groups in total. The van der Waals surface area contributed by atoms with E-state index in [2.05, 4.69) is 0 Å². The van der Waals surface area contributed by atoms with Crippen molar-refractivity contribution in [2.75, 3.05) is 18.9 Å². The second-order valence-corrected chi connectivity index (χ2v) is 7.44. The van der Waals surface area contributed by atoms with E-state index in [4.69, 9.17) is 0 Å². The van der Waals surface area contributed by atoms with Gasteiger partial charge in [0.15, 0.2) is 0 Å². The molecule has 17 heteroatoms. The van der Waals surface area contributed by atoms with Gasteiger partial charge in [-0.2, -0.15) is 0 Å². The van der Waals surface area contributed by atoms with E-state index in [1.807, 2.05) is 0 Å². The Kier molecular flexibility index (Phi) is 17.6. The highest BCUT2D eigenvalue weighted by Gasteiger charge is 2.10. The molecule has 0 amide bonds. The van der Waals surface area contributed by atoms with E-state index in [9.17, 15) is 43.1 Å². The highest BCUT2D eigenvalue weighted by atomic mass is 31.2. The lowest BCUT2D eigenvalue weighted by Crippen LogP contribution is -2.39. The summed E-state index contributed by atoms with van der Waals surface area (Å²) in [6.07, 6.45) is -4.55. The third-order valence-electron chi connectivity index (χ3n) is 1.12. The fourth-order valence-corrected chi connectivity index (χ4v) is 3.41. The predicted molar refractivity (Wildman–Crippen MR) is 63.2 cm³/mol. The lowest BCUT2D eigenvalue weighted by atomic mass is 11.0. The summed E-state index contributed by atoms with van der Waals surface area (Å²) in [6.45, 7) is 0. The van der Waals surface area contributed by atoms with Crippen molar-refractivity contribution in [3.63, 3.8) is 0 Å². The van der Waals surface area contributed by atoms with Gasteiger partial charge in [0.2, 0.25) is 0 Å². The van der Waals surface area contributed by atoms with Crippen molar-refractivity contribution in [3.8, 4) is 0 Å². The van der Waals surface area contributed by atoms with Crippen LogP contribution >= 0.6 is 22.8 Å². The molecule has 0 aliphatic heterocycles. The van der Waals surface area contributed by atoms with Gasteiger partial charge in [0.05, 0.1) is 0 Å². The maximum atomic E-state index is 10.3. The first kappa shape index (κ1) is 32.3. The Hall–Kier alpha value is 0.250. The normalized spacial score (nSPS) is 11.6. The SMILES string of the molecule is O=P([O-])([O-])CN(CP(=O)([O-])[O-])CP(=O)([O-])[O-].[NH4+].[NH4+].[NH4+].[NH4+]. The molecule has 0 fully saturated rings. The molecule has 130 valence electrons. The zero-order valence-electron chi connectivity index (χ0n) is 11.6. The van der Waals surface area contributed by atoms with Crippen LogP contribution in [-0.4, -0.2) is 23.8 Å². The van der Waals surface area contributed by atoms with Crippen molar-refractivity contribution in [1.29, 1.82) is 0 Å². The minimum atomic E-state index is -5.27. The van der Waals surface area contributed by atoms with Gasteiger partial charge in [-0.3, -0.25) is 4.90 Å². The molecule has 0 heterocycles. The topological polar surface area (TPSA) is 339 Å². The highest BCUT2D eigenvalue weighted by Crippen LogP contribution is 2.35. The Morgan fingerprint density at radius 2 is 0.700 bits per heavy atom. The third kappa shape index (κ3) is 23.4. The number of nitrogens with zero attached hydrogens (tertiary/aromatic N) is 1. The summed E-state index contributed by atoms with van der Waals surface area (Å²) in [4.78, 5) is 61.5. The lowest BCUT2D eigenvalue weighted by Gasteiger charge is -2.44. The van der Waals surface area contributed by atoms with Crippen LogP contribution in [0.15, 0.2) is 0 Å².